The Balaban J connectivity index is 2.33. The van der Waals surface area contributed by atoms with E-state index in [0.717, 1.165) is 10.0 Å². The number of halogens is 2. The minimum absolute atomic E-state index is 0.280. The van der Waals surface area contributed by atoms with Gasteiger partial charge in [-0.1, -0.05) is 23.7 Å². The molecule has 3 nitrogen and oxygen atoms in total. The van der Waals surface area contributed by atoms with Crippen LogP contribution < -0.4 is 5.32 Å². The number of benzene rings is 2. The molecular formula is C15H10BrClN2O. The molecule has 0 atom stereocenters. The number of hydrogen-bond donors (Lipinski definition) is 1. The normalized spacial score (nSPS) is 9.90. The number of nitrogens with zero attached hydrogens (tertiary/aromatic N) is 1. The molecular weight excluding hydrogens is 340 g/mol. The lowest BCUT2D eigenvalue weighted by Crippen LogP contribution is -2.13. The Labute approximate surface area is 130 Å². The maximum atomic E-state index is 12.3. The fourth-order valence-electron chi connectivity index (χ4n) is 1.70. The zero-order chi connectivity index (χ0) is 14.7. The van der Waals surface area contributed by atoms with Gasteiger partial charge in [-0.2, -0.15) is 5.26 Å². The number of anilines is 1. The van der Waals surface area contributed by atoms with Crippen LogP contribution in [0.5, 0.6) is 0 Å². The van der Waals surface area contributed by atoms with Crippen molar-refractivity contribution < 1.29 is 4.79 Å². The van der Waals surface area contributed by atoms with Crippen molar-refractivity contribution in [2.75, 3.05) is 5.32 Å². The summed E-state index contributed by atoms with van der Waals surface area (Å²) < 4.78 is 0.741. The summed E-state index contributed by atoms with van der Waals surface area (Å²) in [5, 5.41) is 12.0. The third-order valence-electron chi connectivity index (χ3n) is 2.78. The van der Waals surface area contributed by atoms with Crippen molar-refractivity contribution in [3.63, 3.8) is 0 Å². The predicted octanol–water partition coefficient (Wildman–Crippen LogP) is 4.53. The number of rotatable bonds is 2. The molecule has 0 saturated carbocycles. The Bertz CT molecular complexity index is 722. The zero-order valence-corrected chi connectivity index (χ0v) is 12.9. The molecule has 1 amide bonds. The highest BCUT2D eigenvalue weighted by atomic mass is 79.9. The summed E-state index contributed by atoms with van der Waals surface area (Å²) in [6.45, 7) is 1.91. The summed E-state index contributed by atoms with van der Waals surface area (Å²) >= 11 is 9.41. The first kappa shape index (κ1) is 14.6. The van der Waals surface area contributed by atoms with Gasteiger partial charge in [-0.15, -0.1) is 0 Å². The Morgan fingerprint density at radius 1 is 1.35 bits per heavy atom. The highest BCUT2D eigenvalue weighted by molar-refractivity contribution is 9.10. The van der Waals surface area contributed by atoms with E-state index in [-0.39, 0.29) is 5.91 Å². The second-order valence-corrected chi connectivity index (χ2v) is 5.40. The van der Waals surface area contributed by atoms with Crippen molar-refractivity contribution in [3.8, 4) is 6.07 Å². The summed E-state index contributed by atoms with van der Waals surface area (Å²) in [4.78, 5) is 12.3. The van der Waals surface area contributed by atoms with Crippen LogP contribution in [0.3, 0.4) is 0 Å². The van der Waals surface area contributed by atoms with Crippen LogP contribution in [0, 0.1) is 18.3 Å². The maximum Gasteiger partial charge on any atom is 0.256 e. The number of hydrogen-bond acceptors (Lipinski definition) is 2. The van der Waals surface area contributed by atoms with Crippen LogP contribution >= 0.6 is 27.5 Å². The van der Waals surface area contributed by atoms with Crippen LogP contribution in [0.4, 0.5) is 5.69 Å². The van der Waals surface area contributed by atoms with Gasteiger partial charge in [0.2, 0.25) is 0 Å². The lowest BCUT2D eigenvalue weighted by atomic mass is 10.1. The molecule has 0 bridgehead atoms. The highest BCUT2D eigenvalue weighted by Crippen LogP contribution is 2.26. The van der Waals surface area contributed by atoms with Gasteiger partial charge < -0.3 is 5.32 Å². The van der Waals surface area contributed by atoms with Gasteiger partial charge in [0.1, 0.15) is 0 Å². The van der Waals surface area contributed by atoms with Crippen LogP contribution in [-0.2, 0) is 0 Å². The summed E-state index contributed by atoms with van der Waals surface area (Å²) in [6.07, 6.45) is 0. The fourth-order valence-corrected chi connectivity index (χ4v) is 2.31. The fraction of sp³-hybridized carbons (Fsp3) is 0.0667. The second-order valence-electron chi connectivity index (χ2n) is 4.20. The van der Waals surface area contributed by atoms with Gasteiger partial charge in [0, 0.05) is 4.47 Å². The molecule has 0 aliphatic heterocycles. The van der Waals surface area contributed by atoms with E-state index in [2.05, 4.69) is 21.2 Å². The number of amides is 1. The first-order valence-corrected chi connectivity index (χ1v) is 6.96. The van der Waals surface area contributed by atoms with Crippen molar-refractivity contribution >= 4 is 39.1 Å². The molecule has 0 unspecified atom stereocenters. The lowest BCUT2D eigenvalue weighted by Gasteiger charge is -2.10. The second kappa shape index (κ2) is 6.08. The largest absolute Gasteiger partial charge is 0.321 e. The molecule has 1 N–H and O–H groups in total. The van der Waals surface area contributed by atoms with E-state index in [4.69, 9.17) is 16.9 Å². The standard InChI is InChI=1S/C15H10BrClN2O/c1-9-3-2-4-11(14(9)16)15(20)19-13-7-10(8-18)5-6-12(13)17/h2-7H,1H3,(H,19,20). The average Bonchev–Trinajstić information content (AvgIpc) is 2.44. The third kappa shape index (κ3) is 3.01. The van der Waals surface area contributed by atoms with E-state index in [1.54, 1.807) is 24.3 Å². The molecule has 0 aliphatic carbocycles. The van der Waals surface area contributed by atoms with Crippen molar-refractivity contribution in [1.29, 1.82) is 5.26 Å². The number of aryl methyl sites for hydroxylation is 1. The molecule has 2 aromatic carbocycles. The topological polar surface area (TPSA) is 52.9 Å². The SMILES string of the molecule is Cc1cccc(C(=O)Nc2cc(C#N)ccc2Cl)c1Br. The Kier molecular flexibility index (Phi) is 4.43. The molecule has 0 heterocycles. The number of nitrogens with one attached hydrogen (secondary N) is 1. The smallest absolute Gasteiger partial charge is 0.256 e. The molecule has 0 aromatic heterocycles. The number of nitriles is 1. The van der Waals surface area contributed by atoms with Crippen LogP contribution in [-0.4, -0.2) is 5.91 Å². The van der Waals surface area contributed by atoms with E-state index < -0.39 is 0 Å². The minimum atomic E-state index is -0.280. The highest BCUT2D eigenvalue weighted by Gasteiger charge is 2.13. The molecule has 20 heavy (non-hydrogen) atoms. The summed E-state index contributed by atoms with van der Waals surface area (Å²) in [7, 11) is 0. The van der Waals surface area contributed by atoms with Crippen LogP contribution in [0.15, 0.2) is 40.9 Å². The van der Waals surface area contributed by atoms with Crippen molar-refractivity contribution in [3.05, 3.63) is 62.6 Å². The summed E-state index contributed by atoms with van der Waals surface area (Å²) in [6, 6.07) is 12.2. The van der Waals surface area contributed by atoms with Gasteiger partial charge in [0.25, 0.3) is 5.91 Å². The maximum absolute atomic E-state index is 12.3. The molecule has 100 valence electrons. The van der Waals surface area contributed by atoms with E-state index in [1.165, 1.54) is 0 Å². The van der Waals surface area contributed by atoms with Crippen molar-refractivity contribution in [1.82, 2.24) is 0 Å². The van der Waals surface area contributed by atoms with Crippen molar-refractivity contribution in [2.45, 2.75) is 6.92 Å². The Morgan fingerprint density at radius 2 is 2.10 bits per heavy atom. The molecule has 2 aromatic rings. The first-order chi connectivity index (χ1) is 9.52. The van der Waals surface area contributed by atoms with Gasteiger partial charge in [-0.05, 0) is 52.7 Å². The van der Waals surface area contributed by atoms with E-state index >= 15 is 0 Å². The van der Waals surface area contributed by atoms with E-state index in [1.807, 2.05) is 25.1 Å². The van der Waals surface area contributed by atoms with Crippen LogP contribution in [0.1, 0.15) is 21.5 Å². The monoisotopic (exact) mass is 348 g/mol. The number of carbonyl (C=O) groups excluding carboxylic acids is 1. The van der Waals surface area contributed by atoms with Gasteiger partial charge in [-0.25, -0.2) is 0 Å². The Morgan fingerprint density at radius 3 is 2.80 bits per heavy atom. The van der Waals surface area contributed by atoms with E-state index in [0.29, 0.717) is 21.8 Å². The number of carbonyl (C=O) groups is 1. The lowest BCUT2D eigenvalue weighted by molar-refractivity contribution is 0.102. The molecule has 0 saturated heterocycles. The van der Waals surface area contributed by atoms with Crippen LogP contribution in [0.2, 0.25) is 5.02 Å². The minimum Gasteiger partial charge on any atom is -0.321 e. The molecule has 0 aliphatic rings. The van der Waals surface area contributed by atoms with Crippen molar-refractivity contribution in [2.24, 2.45) is 0 Å². The zero-order valence-electron chi connectivity index (χ0n) is 10.6. The summed E-state index contributed by atoms with van der Waals surface area (Å²) in [5.41, 5.74) is 2.34. The van der Waals surface area contributed by atoms with Gasteiger partial charge in [0.05, 0.1) is 27.9 Å². The average molecular weight is 350 g/mol. The predicted molar refractivity (Wildman–Crippen MR) is 83.0 cm³/mol. The molecule has 0 radical (unpaired) electrons. The van der Waals surface area contributed by atoms with Crippen LogP contribution in [0.25, 0.3) is 0 Å². The first-order valence-electron chi connectivity index (χ1n) is 5.79. The van der Waals surface area contributed by atoms with Gasteiger partial charge >= 0.3 is 0 Å². The third-order valence-corrected chi connectivity index (χ3v) is 4.16. The molecule has 0 spiro atoms. The van der Waals surface area contributed by atoms with E-state index in [9.17, 15) is 4.79 Å². The molecule has 2 rings (SSSR count). The Hall–Kier alpha value is -1.83. The molecule has 0 fully saturated rings. The molecule has 5 heteroatoms. The van der Waals surface area contributed by atoms with Gasteiger partial charge in [0.15, 0.2) is 0 Å². The summed E-state index contributed by atoms with van der Waals surface area (Å²) in [5.74, 6) is -0.280. The quantitative estimate of drug-likeness (QED) is 0.865. The van der Waals surface area contributed by atoms with Gasteiger partial charge in [-0.3, -0.25) is 4.79 Å².